The Labute approximate surface area is 189 Å². The van der Waals surface area contributed by atoms with E-state index < -0.39 is 0 Å². The van der Waals surface area contributed by atoms with Gasteiger partial charge in [0.1, 0.15) is 17.8 Å². The summed E-state index contributed by atoms with van der Waals surface area (Å²) in [5.74, 6) is 1.87. The van der Waals surface area contributed by atoms with Gasteiger partial charge in [0.25, 0.3) is 0 Å². The third kappa shape index (κ3) is 2.74. The van der Waals surface area contributed by atoms with Crippen molar-refractivity contribution in [1.82, 2.24) is 24.6 Å². The summed E-state index contributed by atoms with van der Waals surface area (Å²) in [7, 11) is 0. The number of hydrogen-bond donors (Lipinski definition) is 0. The van der Waals surface area contributed by atoms with Gasteiger partial charge >= 0.3 is 0 Å². The maximum atomic E-state index is 6.46. The summed E-state index contributed by atoms with van der Waals surface area (Å²) >= 11 is 0. The number of rotatable bonds is 2. The summed E-state index contributed by atoms with van der Waals surface area (Å²) in [6, 6.07) is 28.7. The van der Waals surface area contributed by atoms with Gasteiger partial charge in [-0.1, -0.05) is 72.8 Å². The molecule has 0 bridgehead atoms. The molecule has 3 aromatic carbocycles. The second-order valence-electron chi connectivity index (χ2n) is 8.03. The molecular formula is C27H17N5O. The smallest absolute Gasteiger partial charge is 0.228 e. The van der Waals surface area contributed by atoms with Gasteiger partial charge in [0.2, 0.25) is 11.7 Å². The number of benzene rings is 3. The van der Waals surface area contributed by atoms with Crippen LogP contribution in [0.3, 0.4) is 0 Å². The van der Waals surface area contributed by atoms with E-state index in [2.05, 4.69) is 63.6 Å². The molecule has 3 aromatic heterocycles. The first-order valence-electron chi connectivity index (χ1n) is 10.8. The van der Waals surface area contributed by atoms with Crippen LogP contribution in [-0.4, -0.2) is 24.6 Å². The van der Waals surface area contributed by atoms with Crippen LogP contribution in [0.4, 0.5) is 0 Å². The van der Waals surface area contributed by atoms with Gasteiger partial charge in [-0.05, 0) is 23.1 Å². The van der Waals surface area contributed by atoms with Crippen molar-refractivity contribution >= 4 is 16.4 Å². The van der Waals surface area contributed by atoms with Crippen LogP contribution in [0, 0.1) is 0 Å². The highest BCUT2D eigenvalue weighted by atomic mass is 16.5. The molecular weight excluding hydrogens is 410 g/mol. The average molecular weight is 427 g/mol. The molecule has 0 radical (unpaired) electrons. The Hall–Kier alpha value is -4.58. The van der Waals surface area contributed by atoms with Gasteiger partial charge in [0.15, 0.2) is 5.65 Å². The molecule has 156 valence electrons. The molecule has 1 aliphatic rings. The number of hydrogen-bond acceptors (Lipinski definition) is 5. The van der Waals surface area contributed by atoms with Crippen LogP contribution >= 0.6 is 0 Å². The zero-order chi connectivity index (χ0) is 21.8. The van der Waals surface area contributed by atoms with Crippen LogP contribution in [-0.2, 0) is 0 Å². The highest BCUT2D eigenvalue weighted by molar-refractivity contribution is 5.91. The number of nitrogens with zero attached hydrogens (tertiary/aromatic N) is 5. The van der Waals surface area contributed by atoms with Gasteiger partial charge in [-0.2, -0.15) is 0 Å². The van der Waals surface area contributed by atoms with Crippen molar-refractivity contribution < 1.29 is 4.74 Å². The van der Waals surface area contributed by atoms with Gasteiger partial charge in [-0.25, -0.2) is 14.5 Å². The lowest BCUT2D eigenvalue weighted by molar-refractivity contribution is 0.437. The zero-order valence-electron chi connectivity index (χ0n) is 17.5. The molecule has 0 saturated carbocycles. The quantitative estimate of drug-likeness (QED) is 0.358. The fraction of sp³-hybridized carbons (Fsp3) is 0.0370. The summed E-state index contributed by atoms with van der Waals surface area (Å²) in [6.07, 6.45) is 3.40. The molecule has 0 unspecified atom stereocenters. The molecule has 1 atom stereocenters. The normalized spacial score (nSPS) is 14.6. The molecule has 7 rings (SSSR count). The Morgan fingerprint density at radius 3 is 2.52 bits per heavy atom. The predicted molar refractivity (Wildman–Crippen MR) is 125 cm³/mol. The highest BCUT2D eigenvalue weighted by Gasteiger charge is 2.34. The van der Waals surface area contributed by atoms with Gasteiger partial charge in [0.05, 0.1) is 5.56 Å². The van der Waals surface area contributed by atoms with E-state index in [0.717, 1.165) is 33.2 Å². The number of ether oxygens (including phenoxy) is 1. The van der Waals surface area contributed by atoms with Crippen LogP contribution in [0.1, 0.15) is 22.6 Å². The van der Waals surface area contributed by atoms with Gasteiger partial charge in [0, 0.05) is 23.1 Å². The largest absolute Gasteiger partial charge is 0.438 e. The van der Waals surface area contributed by atoms with Crippen LogP contribution in [0.25, 0.3) is 27.9 Å². The zero-order valence-corrected chi connectivity index (χ0v) is 17.5. The van der Waals surface area contributed by atoms with Crippen molar-refractivity contribution in [1.29, 1.82) is 0 Å². The van der Waals surface area contributed by atoms with Crippen LogP contribution in [0.15, 0.2) is 97.5 Å². The minimum atomic E-state index is -0.0912. The van der Waals surface area contributed by atoms with Crippen molar-refractivity contribution in [3.05, 3.63) is 114 Å². The maximum Gasteiger partial charge on any atom is 0.228 e. The third-order valence-corrected chi connectivity index (χ3v) is 6.12. The fourth-order valence-corrected chi connectivity index (χ4v) is 4.64. The molecule has 33 heavy (non-hydrogen) atoms. The Balaban J connectivity index is 1.53. The minimum absolute atomic E-state index is 0.0912. The lowest BCUT2D eigenvalue weighted by Crippen LogP contribution is -2.15. The third-order valence-electron chi connectivity index (χ3n) is 6.12. The topological polar surface area (TPSA) is 65.2 Å². The first-order chi connectivity index (χ1) is 16.4. The van der Waals surface area contributed by atoms with E-state index in [1.807, 2.05) is 36.4 Å². The van der Waals surface area contributed by atoms with E-state index in [1.165, 1.54) is 0 Å². The average Bonchev–Trinajstić information content (AvgIpc) is 3.33. The summed E-state index contributed by atoms with van der Waals surface area (Å²) in [6.45, 7) is 0. The van der Waals surface area contributed by atoms with E-state index in [0.29, 0.717) is 23.0 Å². The lowest BCUT2D eigenvalue weighted by Gasteiger charge is -2.28. The number of pyridine rings is 1. The summed E-state index contributed by atoms with van der Waals surface area (Å²) < 4.78 is 8.17. The number of aromatic nitrogens is 5. The molecule has 6 aromatic rings. The van der Waals surface area contributed by atoms with Crippen LogP contribution in [0.2, 0.25) is 0 Å². The predicted octanol–water partition coefficient (Wildman–Crippen LogP) is 5.63. The van der Waals surface area contributed by atoms with Crippen molar-refractivity contribution in [3.63, 3.8) is 0 Å². The van der Waals surface area contributed by atoms with Crippen molar-refractivity contribution in [3.8, 4) is 23.1 Å². The Bertz CT molecular complexity index is 1640. The molecule has 0 spiro atoms. The lowest BCUT2D eigenvalue weighted by atomic mass is 9.83. The van der Waals surface area contributed by atoms with Crippen molar-refractivity contribution in [2.75, 3.05) is 0 Å². The standard InChI is InChI=1S/C27H17N5O/c1-2-9-18(10-3-1)22-20-14-13-17-8-4-5-11-19(17)24(20)33-27-23(22)26-30-25(31-32(26)16-29-27)21-12-6-7-15-28-21/h1-16,22H/t22-/m1/s1. The second-order valence-corrected chi connectivity index (χ2v) is 8.03. The van der Waals surface area contributed by atoms with Crippen molar-refractivity contribution in [2.24, 2.45) is 0 Å². The van der Waals surface area contributed by atoms with Gasteiger partial charge in [-0.3, -0.25) is 4.98 Å². The molecule has 1 aliphatic heterocycles. The van der Waals surface area contributed by atoms with E-state index in [-0.39, 0.29) is 5.92 Å². The van der Waals surface area contributed by atoms with Gasteiger partial charge in [-0.15, -0.1) is 5.10 Å². The van der Waals surface area contributed by atoms with E-state index in [9.17, 15) is 0 Å². The van der Waals surface area contributed by atoms with Crippen LogP contribution < -0.4 is 4.74 Å². The molecule has 0 aliphatic carbocycles. The summed E-state index contributed by atoms with van der Waals surface area (Å²) in [5, 5.41) is 6.85. The summed E-state index contributed by atoms with van der Waals surface area (Å²) in [5.41, 5.74) is 4.57. The van der Waals surface area contributed by atoms with E-state index in [4.69, 9.17) is 9.72 Å². The first-order valence-corrected chi connectivity index (χ1v) is 10.8. The molecule has 4 heterocycles. The van der Waals surface area contributed by atoms with E-state index >= 15 is 0 Å². The molecule has 0 fully saturated rings. The second kappa shape index (κ2) is 6.97. The SMILES string of the molecule is c1ccc([C@@H]2c3ccc4ccccc4c3Oc3ncn4nc(-c5ccccn5)nc4c32)cc1. The van der Waals surface area contributed by atoms with E-state index in [1.54, 1.807) is 17.0 Å². The molecule has 0 amide bonds. The van der Waals surface area contributed by atoms with Crippen LogP contribution in [0.5, 0.6) is 11.6 Å². The molecule has 6 heteroatoms. The van der Waals surface area contributed by atoms with Gasteiger partial charge < -0.3 is 4.74 Å². The number of fused-ring (bicyclic) bond motifs is 6. The highest BCUT2D eigenvalue weighted by Crippen LogP contribution is 2.50. The maximum absolute atomic E-state index is 6.46. The molecule has 6 nitrogen and oxygen atoms in total. The molecule has 0 N–H and O–H groups in total. The minimum Gasteiger partial charge on any atom is -0.438 e. The summed E-state index contributed by atoms with van der Waals surface area (Å²) in [4.78, 5) is 13.9. The monoisotopic (exact) mass is 427 g/mol. The Morgan fingerprint density at radius 2 is 1.64 bits per heavy atom. The molecule has 0 saturated heterocycles. The Kier molecular flexibility index (Phi) is 3.81. The van der Waals surface area contributed by atoms with Crippen molar-refractivity contribution in [2.45, 2.75) is 5.92 Å². The Morgan fingerprint density at radius 1 is 0.788 bits per heavy atom. The first kappa shape index (κ1) is 18.0. The fourth-order valence-electron chi connectivity index (χ4n) is 4.64.